The number of hydrogen-bond acceptors (Lipinski definition) is 3. The standard InChI is InChI=1S/C14H12Cl2OS2/c1-8-3-4-10(5-9(8)2)18-7-12(17)11-6-13(15)19-14(11)16/h3-6H,7H2,1-2H3. The van der Waals surface area contributed by atoms with Crippen LogP contribution in [0, 0.1) is 13.8 Å². The van der Waals surface area contributed by atoms with Crippen molar-refractivity contribution < 1.29 is 4.79 Å². The van der Waals surface area contributed by atoms with Crippen LogP contribution in [0.25, 0.3) is 0 Å². The highest BCUT2D eigenvalue weighted by atomic mass is 35.5. The molecule has 1 heterocycles. The molecule has 2 rings (SSSR count). The molecule has 1 nitrogen and oxygen atoms in total. The lowest BCUT2D eigenvalue weighted by Crippen LogP contribution is -2.01. The first-order valence-electron chi connectivity index (χ1n) is 5.65. The second kappa shape index (κ2) is 6.31. The maximum Gasteiger partial charge on any atom is 0.175 e. The summed E-state index contributed by atoms with van der Waals surface area (Å²) in [5.41, 5.74) is 3.00. The lowest BCUT2D eigenvalue weighted by Gasteiger charge is -2.04. The normalized spacial score (nSPS) is 10.7. The molecule has 0 unspecified atom stereocenters. The summed E-state index contributed by atoms with van der Waals surface area (Å²) in [6.45, 7) is 4.14. The van der Waals surface area contributed by atoms with Gasteiger partial charge in [0.15, 0.2) is 5.78 Å². The Kier molecular flexibility index (Phi) is 4.96. The van der Waals surface area contributed by atoms with Crippen LogP contribution in [0.4, 0.5) is 0 Å². The van der Waals surface area contributed by atoms with Crippen LogP contribution in [-0.2, 0) is 0 Å². The molecule has 0 radical (unpaired) electrons. The molecule has 0 bridgehead atoms. The molecule has 19 heavy (non-hydrogen) atoms. The highest BCUT2D eigenvalue weighted by Crippen LogP contribution is 2.32. The molecule has 0 fully saturated rings. The van der Waals surface area contributed by atoms with E-state index in [0.29, 0.717) is 20.0 Å². The topological polar surface area (TPSA) is 17.1 Å². The average Bonchev–Trinajstić information content (AvgIpc) is 2.70. The van der Waals surface area contributed by atoms with Crippen LogP contribution in [0.2, 0.25) is 8.67 Å². The van der Waals surface area contributed by atoms with Gasteiger partial charge in [-0.05, 0) is 43.2 Å². The van der Waals surface area contributed by atoms with Gasteiger partial charge in [-0.3, -0.25) is 4.79 Å². The number of carbonyl (C=O) groups excluding carboxylic acids is 1. The van der Waals surface area contributed by atoms with Crippen molar-refractivity contribution in [1.82, 2.24) is 0 Å². The Labute approximate surface area is 130 Å². The summed E-state index contributed by atoms with van der Waals surface area (Å²) < 4.78 is 1.01. The molecule has 0 aliphatic rings. The smallest absolute Gasteiger partial charge is 0.175 e. The highest BCUT2D eigenvalue weighted by Gasteiger charge is 2.14. The van der Waals surface area contributed by atoms with E-state index in [0.717, 1.165) is 4.90 Å². The Morgan fingerprint density at radius 3 is 2.53 bits per heavy atom. The van der Waals surface area contributed by atoms with Crippen LogP contribution in [0.15, 0.2) is 29.2 Å². The van der Waals surface area contributed by atoms with E-state index in [1.807, 2.05) is 6.07 Å². The molecule has 0 spiro atoms. The molecule has 0 atom stereocenters. The molecule has 0 amide bonds. The van der Waals surface area contributed by atoms with Gasteiger partial charge in [0.2, 0.25) is 0 Å². The molecule has 5 heteroatoms. The highest BCUT2D eigenvalue weighted by molar-refractivity contribution is 8.00. The maximum absolute atomic E-state index is 12.0. The van der Waals surface area contributed by atoms with Crippen LogP contribution in [0.5, 0.6) is 0 Å². The summed E-state index contributed by atoms with van der Waals surface area (Å²) in [6, 6.07) is 7.83. The Morgan fingerprint density at radius 2 is 1.95 bits per heavy atom. The van der Waals surface area contributed by atoms with Crippen molar-refractivity contribution in [3.05, 3.63) is 49.6 Å². The molecule has 1 aromatic carbocycles. The molecule has 0 saturated heterocycles. The van der Waals surface area contributed by atoms with Gasteiger partial charge in [0.1, 0.15) is 4.34 Å². The molecular weight excluding hydrogens is 319 g/mol. The van der Waals surface area contributed by atoms with Crippen molar-refractivity contribution in [2.75, 3.05) is 5.75 Å². The van der Waals surface area contributed by atoms with E-state index in [4.69, 9.17) is 23.2 Å². The summed E-state index contributed by atoms with van der Waals surface area (Å²) in [7, 11) is 0. The quantitative estimate of drug-likeness (QED) is 0.532. The minimum absolute atomic E-state index is 0.0105. The van der Waals surface area contributed by atoms with Crippen LogP contribution in [-0.4, -0.2) is 11.5 Å². The van der Waals surface area contributed by atoms with E-state index < -0.39 is 0 Å². The van der Waals surface area contributed by atoms with Crippen molar-refractivity contribution >= 4 is 52.1 Å². The Hall–Kier alpha value is -0.480. The Bertz CT molecular complexity index is 620. The molecule has 2 aromatic rings. The Balaban J connectivity index is 2.04. The second-order valence-electron chi connectivity index (χ2n) is 4.20. The minimum Gasteiger partial charge on any atom is -0.293 e. The molecule has 0 saturated carbocycles. The number of benzene rings is 1. The number of aryl methyl sites for hydroxylation is 2. The third-order valence-corrected chi connectivity index (χ3v) is 5.29. The molecule has 1 aromatic heterocycles. The second-order valence-corrected chi connectivity index (χ2v) is 7.53. The van der Waals surface area contributed by atoms with Gasteiger partial charge < -0.3 is 0 Å². The van der Waals surface area contributed by atoms with Crippen molar-refractivity contribution in [2.24, 2.45) is 0 Å². The lowest BCUT2D eigenvalue weighted by atomic mass is 10.1. The zero-order valence-corrected chi connectivity index (χ0v) is 13.6. The largest absolute Gasteiger partial charge is 0.293 e. The molecule has 100 valence electrons. The number of ketones is 1. The lowest BCUT2D eigenvalue weighted by molar-refractivity contribution is 0.102. The van der Waals surface area contributed by atoms with Gasteiger partial charge in [-0.15, -0.1) is 23.1 Å². The van der Waals surface area contributed by atoms with Crippen LogP contribution in [0.1, 0.15) is 21.5 Å². The van der Waals surface area contributed by atoms with E-state index in [-0.39, 0.29) is 5.78 Å². The molecule has 0 aliphatic carbocycles. The predicted octanol–water partition coefficient (Wildman–Crippen LogP) is 5.65. The van der Waals surface area contributed by atoms with E-state index in [1.165, 1.54) is 34.2 Å². The van der Waals surface area contributed by atoms with E-state index in [9.17, 15) is 4.79 Å². The number of thiophene rings is 1. The van der Waals surface area contributed by atoms with E-state index in [2.05, 4.69) is 26.0 Å². The predicted molar refractivity (Wildman–Crippen MR) is 85.3 cm³/mol. The van der Waals surface area contributed by atoms with E-state index >= 15 is 0 Å². The van der Waals surface area contributed by atoms with Gasteiger partial charge >= 0.3 is 0 Å². The number of rotatable bonds is 4. The van der Waals surface area contributed by atoms with Crippen LogP contribution in [0.3, 0.4) is 0 Å². The van der Waals surface area contributed by atoms with Gasteiger partial charge in [0, 0.05) is 10.5 Å². The average molecular weight is 331 g/mol. The first kappa shape index (κ1) is 14.9. The van der Waals surface area contributed by atoms with E-state index in [1.54, 1.807) is 6.07 Å². The number of carbonyl (C=O) groups is 1. The molecule has 0 N–H and O–H groups in total. The fourth-order valence-electron chi connectivity index (χ4n) is 1.56. The number of Topliss-reactive ketones (excluding diaryl/α,β-unsaturated/α-hetero) is 1. The van der Waals surface area contributed by atoms with Crippen molar-refractivity contribution in [3.8, 4) is 0 Å². The van der Waals surface area contributed by atoms with Crippen molar-refractivity contribution in [2.45, 2.75) is 18.7 Å². The summed E-state index contributed by atoms with van der Waals surface area (Å²) in [5.74, 6) is 0.381. The van der Waals surface area contributed by atoms with Gasteiger partial charge in [0.25, 0.3) is 0 Å². The summed E-state index contributed by atoms with van der Waals surface area (Å²) in [4.78, 5) is 13.1. The number of hydrogen-bond donors (Lipinski definition) is 0. The van der Waals surface area contributed by atoms with Gasteiger partial charge in [-0.2, -0.15) is 0 Å². The zero-order chi connectivity index (χ0) is 14.0. The van der Waals surface area contributed by atoms with Gasteiger partial charge in [-0.25, -0.2) is 0 Å². The van der Waals surface area contributed by atoms with Crippen molar-refractivity contribution in [1.29, 1.82) is 0 Å². The minimum atomic E-state index is 0.0105. The first-order valence-corrected chi connectivity index (χ1v) is 8.21. The Morgan fingerprint density at radius 1 is 1.21 bits per heavy atom. The zero-order valence-electron chi connectivity index (χ0n) is 10.5. The van der Waals surface area contributed by atoms with Gasteiger partial charge in [0.05, 0.1) is 10.1 Å². The first-order chi connectivity index (χ1) is 8.97. The summed E-state index contributed by atoms with van der Waals surface area (Å²) in [5, 5.41) is 0. The summed E-state index contributed by atoms with van der Waals surface area (Å²) >= 11 is 14.6. The number of halogens is 2. The van der Waals surface area contributed by atoms with Crippen LogP contribution >= 0.6 is 46.3 Å². The molecule has 0 aliphatic heterocycles. The maximum atomic E-state index is 12.0. The monoisotopic (exact) mass is 330 g/mol. The van der Waals surface area contributed by atoms with Crippen LogP contribution < -0.4 is 0 Å². The number of thioether (sulfide) groups is 1. The molecular formula is C14H12Cl2OS2. The SMILES string of the molecule is Cc1ccc(SCC(=O)c2cc(Cl)sc2Cl)cc1C. The fraction of sp³-hybridized carbons (Fsp3) is 0.214. The third kappa shape index (κ3) is 3.76. The fourth-order valence-corrected chi connectivity index (χ4v) is 3.94. The van der Waals surface area contributed by atoms with Gasteiger partial charge in [-0.1, -0.05) is 29.3 Å². The van der Waals surface area contributed by atoms with Crippen molar-refractivity contribution in [3.63, 3.8) is 0 Å². The third-order valence-electron chi connectivity index (χ3n) is 2.81. The summed E-state index contributed by atoms with van der Waals surface area (Å²) in [6.07, 6.45) is 0.